The van der Waals surface area contributed by atoms with Gasteiger partial charge >= 0.3 is 0 Å². The van der Waals surface area contributed by atoms with Gasteiger partial charge in [-0.05, 0) is 31.8 Å². The van der Waals surface area contributed by atoms with Crippen molar-refractivity contribution in [1.82, 2.24) is 5.32 Å². The molecule has 1 aliphatic heterocycles. The van der Waals surface area contributed by atoms with Gasteiger partial charge in [0.05, 0.1) is 6.26 Å². The van der Waals surface area contributed by atoms with Crippen molar-refractivity contribution in [2.75, 3.05) is 6.54 Å². The van der Waals surface area contributed by atoms with Crippen LogP contribution in [0.3, 0.4) is 0 Å². The van der Waals surface area contributed by atoms with Crippen LogP contribution in [0.5, 0.6) is 0 Å². The van der Waals surface area contributed by atoms with Crippen LogP contribution in [0.25, 0.3) is 0 Å². The highest BCUT2D eigenvalue weighted by Gasteiger charge is 2.15. The van der Waals surface area contributed by atoms with Crippen molar-refractivity contribution in [1.29, 1.82) is 0 Å². The van der Waals surface area contributed by atoms with E-state index in [1.54, 1.807) is 0 Å². The number of hydrogen-bond donors (Lipinski definition) is 1. The first-order valence-corrected chi connectivity index (χ1v) is 6.99. The highest BCUT2D eigenvalue weighted by Crippen LogP contribution is 2.17. The average molecular weight is 223 g/mol. The van der Waals surface area contributed by atoms with E-state index in [1.807, 2.05) is 6.26 Å². The van der Waals surface area contributed by atoms with E-state index in [2.05, 4.69) is 11.4 Å². The molecule has 1 heterocycles. The SMILES string of the molecule is C1=COC(CNC2CCCCCCC2)CC1. The zero-order valence-corrected chi connectivity index (χ0v) is 10.3. The molecule has 0 amide bonds. The van der Waals surface area contributed by atoms with Crippen molar-refractivity contribution >= 4 is 0 Å². The van der Waals surface area contributed by atoms with Crippen LogP contribution in [0, 0.1) is 0 Å². The van der Waals surface area contributed by atoms with Gasteiger partial charge in [0.25, 0.3) is 0 Å². The van der Waals surface area contributed by atoms with Gasteiger partial charge in [0, 0.05) is 12.6 Å². The van der Waals surface area contributed by atoms with Gasteiger partial charge in [-0.3, -0.25) is 0 Å². The van der Waals surface area contributed by atoms with Crippen LogP contribution in [-0.4, -0.2) is 18.7 Å². The second kappa shape index (κ2) is 6.95. The summed E-state index contributed by atoms with van der Waals surface area (Å²) in [6.45, 7) is 1.04. The molecule has 0 aromatic rings. The minimum Gasteiger partial charge on any atom is -0.497 e. The fraction of sp³-hybridized carbons (Fsp3) is 0.857. The topological polar surface area (TPSA) is 21.3 Å². The van der Waals surface area contributed by atoms with Crippen molar-refractivity contribution in [3.8, 4) is 0 Å². The molecule has 1 aliphatic carbocycles. The number of allylic oxidation sites excluding steroid dienone is 1. The molecule has 2 rings (SSSR count). The van der Waals surface area contributed by atoms with E-state index < -0.39 is 0 Å². The molecule has 0 aromatic heterocycles. The smallest absolute Gasteiger partial charge is 0.110 e. The molecule has 0 aromatic carbocycles. The molecule has 16 heavy (non-hydrogen) atoms. The van der Waals surface area contributed by atoms with Crippen molar-refractivity contribution in [3.05, 3.63) is 12.3 Å². The van der Waals surface area contributed by atoms with E-state index in [0.29, 0.717) is 6.10 Å². The van der Waals surface area contributed by atoms with Crippen LogP contribution in [-0.2, 0) is 4.74 Å². The van der Waals surface area contributed by atoms with Crippen LogP contribution in [0.2, 0.25) is 0 Å². The van der Waals surface area contributed by atoms with E-state index in [4.69, 9.17) is 4.74 Å². The van der Waals surface area contributed by atoms with Gasteiger partial charge in [0.2, 0.25) is 0 Å². The molecule has 1 saturated carbocycles. The molecule has 0 radical (unpaired) electrons. The predicted octanol–water partition coefficient (Wildman–Crippen LogP) is 3.38. The van der Waals surface area contributed by atoms with Crippen molar-refractivity contribution < 1.29 is 4.74 Å². The lowest BCUT2D eigenvalue weighted by atomic mass is 9.96. The molecule has 92 valence electrons. The molecular formula is C14H25NO. The fourth-order valence-corrected chi connectivity index (χ4v) is 2.69. The van der Waals surface area contributed by atoms with Crippen LogP contribution in [0.4, 0.5) is 0 Å². The van der Waals surface area contributed by atoms with Gasteiger partial charge in [-0.2, -0.15) is 0 Å². The molecule has 0 bridgehead atoms. The third-order valence-corrected chi connectivity index (χ3v) is 3.76. The molecule has 1 fully saturated rings. The molecule has 0 spiro atoms. The zero-order chi connectivity index (χ0) is 11.1. The number of nitrogens with one attached hydrogen (secondary N) is 1. The maximum absolute atomic E-state index is 5.58. The van der Waals surface area contributed by atoms with E-state index in [1.165, 1.54) is 57.8 Å². The van der Waals surface area contributed by atoms with E-state index in [0.717, 1.165) is 12.6 Å². The molecule has 0 saturated heterocycles. The highest BCUT2D eigenvalue weighted by atomic mass is 16.5. The number of hydrogen-bond acceptors (Lipinski definition) is 2. The Kier molecular flexibility index (Phi) is 5.20. The van der Waals surface area contributed by atoms with E-state index in [-0.39, 0.29) is 0 Å². The van der Waals surface area contributed by atoms with Gasteiger partial charge in [-0.15, -0.1) is 0 Å². The summed E-state index contributed by atoms with van der Waals surface area (Å²) < 4.78 is 5.58. The molecular weight excluding hydrogens is 198 g/mol. The number of rotatable bonds is 3. The Balaban J connectivity index is 1.65. The lowest BCUT2D eigenvalue weighted by molar-refractivity contribution is 0.117. The van der Waals surface area contributed by atoms with E-state index in [9.17, 15) is 0 Å². The van der Waals surface area contributed by atoms with Crippen molar-refractivity contribution in [2.24, 2.45) is 0 Å². The standard InChI is InChI=1S/C14H25NO/c1-2-4-8-13(9-5-3-1)15-12-14-10-6-7-11-16-14/h7,11,13-15H,1-6,8-10,12H2. The summed E-state index contributed by atoms with van der Waals surface area (Å²) in [6.07, 6.45) is 16.6. The first-order chi connectivity index (χ1) is 7.95. The Morgan fingerprint density at radius 2 is 1.75 bits per heavy atom. The Hall–Kier alpha value is -0.500. The zero-order valence-electron chi connectivity index (χ0n) is 10.3. The summed E-state index contributed by atoms with van der Waals surface area (Å²) in [4.78, 5) is 0. The third-order valence-electron chi connectivity index (χ3n) is 3.76. The van der Waals surface area contributed by atoms with Gasteiger partial charge in [0.1, 0.15) is 6.10 Å². The number of ether oxygens (including phenoxy) is 1. The quantitative estimate of drug-likeness (QED) is 0.792. The maximum Gasteiger partial charge on any atom is 0.110 e. The minimum atomic E-state index is 0.412. The summed E-state index contributed by atoms with van der Waals surface area (Å²) in [5.41, 5.74) is 0. The Bertz CT molecular complexity index is 207. The van der Waals surface area contributed by atoms with Gasteiger partial charge in [-0.1, -0.05) is 32.1 Å². The Morgan fingerprint density at radius 3 is 2.44 bits per heavy atom. The largest absolute Gasteiger partial charge is 0.497 e. The van der Waals surface area contributed by atoms with Gasteiger partial charge in [-0.25, -0.2) is 0 Å². The monoisotopic (exact) mass is 223 g/mol. The molecule has 1 atom stereocenters. The predicted molar refractivity (Wildman–Crippen MR) is 67.4 cm³/mol. The van der Waals surface area contributed by atoms with Gasteiger partial charge < -0.3 is 10.1 Å². The lowest BCUT2D eigenvalue weighted by Crippen LogP contribution is -2.37. The summed E-state index contributed by atoms with van der Waals surface area (Å²) in [7, 11) is 0. The molecule has 2 aliphatic rings. The summed E-state index contributed by atoms with van der Waals surface area (Å²) in [6, 6.07) is 0.745. The highest BCUT2D eigenvalue weighted by molar-refractivity contribution is 4.83. The second-order valence-corrected chi connectivity index (χ2v) is 5.16. The van der Waals surface area contributed by atoms with Crippen LogP contribution < -0.4 is 5.32 Å². The van der Waals surface area contributed by atoms with Gasteiger partial charge in [0.15, 0.2) is 0 Å². The molecule has 1 N–H and O–H groups in total. The maximum atomic E-state index is 5.58. The van der Waals surface area contributed by atoms with E-state index >= 15 is 0 Å². The Labute approximate surface area is 99.4 Å². The first kappa shape index (κ1) is 12.0. The Morgan fingerprint density at radius 1 is 1.00 bits per heavy atom. The minimum absolute atomic E-state index is 0.412. The van der Waals surface area contributed by atoms with Crippen LogP contribution in [0.1, 0.15) is 57.8 Å². The summed E-state index contributed by atoms with van der Waals surface area (Å²) in [5.74, 6) is 0. The van der Waals surface area contributed by atoms with Crippen LogP contribution in [0.15, 0.2) is 12.3 Å². The normalized spacial score (nSPS) is 28.1. The van der Waals surface area contributed by atoms with Crippen molar-refractivity contribution in [2.45, 2.75) is 69.9 Å². The average Bonchev–Trinajstić information content (AvgIpc) is 2.29. The molecule has 2 nitrogen and oxygen atoms in total. The fourth-order valence-electron chi connectivity index (χ4n) is 2.69. The summed E-state index contributed by atoms with van der Waals surface area (Å²) >= 11 is 0. The van der Waals surface area contributed by atoms with Crippen molar-refractivity contribution in [3.63, 3.8) is 0 Å². The third kappa shape index (κ3) is 4.17. The molecule has 1 unspecified atom stereocenters. The molecule has 2 heteroatoms. The summed E-state index contributed by atoms with van der Waals surface area (Å²) in [5, 5.41) is 3.70. The van der Waals surface area contributed by atoms with Crippen LogP contribution >= 0.6 is 0 Å². The first-order valence-electron chi connectivity index (χ1n) is 6.99. The lowest BCUT2D eigenvalue weighted by Gasteiger charge is -2.25. The second-order valence-electron chi connectivity index (χ2n) is 5.16.